The Morgan fingerprint density at radius 3 is 2.57 bits per heavy atom. The van der Waals surface area contributed by atoms with E-state index in [4.69, 9.17) is 15.3 Å². The van der Waals surface area contributed by atoms with Gasteiger partial charge in [-0.15, -0.1) is 5.10 Å². The lowest BCUT2D eigenvalue weighted by Gasteiger charge is -2.05. The van der Waals surface area contributed by atoms with Gasteiger partial charge in [-0.3, -0.25) is 0 Å². The van der Waals surface area contributed by atoms with E-state index in [1.165, 1.54) is 0 Å². The zero-order chi connectivity index (χ0) is 16.2. The quantitative estimate of drug-likeness (QED) is 0.742. The molecule has 0 aliphatic heterocycles. The summed E-state index contributed by atoms with van der Waals surface area (Å²) in [5.74, 6) is 0.557. The number of methoxy groups -OCH3 is 1. The zero-order valence-electron chi connectivity index (χ0n) is 12.3. The SMILES string of the molecule is COc1cc(C#N)ccc1-c1cn(-c2cccc(C#N)c2)nn1. The number of nitrogens with zero attached hydrogens (tertiary/aromatic N) is 5. The first-order valence-electron chi connectivity index (χ1n) is 6.76. The van der Waals surface area contributed by atoms with Gasteiger partial charge in [0, 0.05) is 5.56 Å². The van der Waals surface area contributed by atoms with Crippen LogP contribution in [0.5, 0.6) is 5.75 Å². The van der Waals surface area contributed by atoms with E-state index in [0.717, 1.165) is 11.3 Å². The lowest BCUT2D eigenvalue weighted by molar-refractivity contribution is 0.416. The van der Waals surface area contributed by atoms with Gasteiger partial charge in [-0.25, -0.2) is 4.68 Å². The Balaban J connectivity index is 2.03. The van der Waals surface area contributed by atoms with Gasteiger partial charge < -0.3 is 4.74 Å². The standard InChI is InChI=1S/C17H11N5O/c1-23-17-8-13(10-19)5-6-15(17)16-11-22(21-20-16)14-4-2-3-12(7-14)9-18/h2-8,11H,1H3. The Labute approximate surface area is 132 Å². The van der Waals surface area contributed by atoms with Crippen molar-refractivity contribution in [2.24, 2.45) is 0 Å². The molecule has 1 heterocycles. The van der Waals surface area contributed by atoms with Crippen molar-refractivity contribution in [1.29, 1.82) is 10.5 Å². The van der Waals surface area contributed by atoms with Crippen molar-refractivity contribution >= 4 is 0 Å². The molecule has 6 heteroatoms. The largest absolute Gasteiger partial charge is 0.496 e. The molecule has 0 N–H and O–H groups in total. The van der Waals surface area contributed by atoms with Gasteiger partial charge in [0.15, 0.2) is 0 Å². The lowest BCUT2D eigenvalue weighted by atomic mass is 10.1. The Kier molecular flexibility index (Phi) is 3.73. The fourth-order valence-electron chi connectivity index (χ4n) is 2.20. The predicted octanol–water partition coefficient (Wildman–Crippen LogP) is 2.69. The molecular formula is C17H11N5O. The molecule has 3 rings (SSSR count). The summed E-state index contributed by atoms with van der Waals surface area (Å²) in [5.41, 5.74) is 3.17. The molecule has 0 amide bonds. The van der Waals surface area contributed by atoms with Crippen molar-refractivity contribution in [2.75, 3.05) is 7.11 Å². The first kappa shape index (κ1) is 14.3. The topological polar surface area (TPSA) is 87.5 Å². The van der Waals surface area contributed by atoms with Crippen molar-refractivity contribution in [1.82, 2.24) is 15.0 Å². The minimum absolute atomic E-state index is 0.514. The van der Waals surface area contributed by atoms with E-state index >= 15 is 0 Å². The number of aromatic nitrogens is 3. The van der Waals surface area contributed by atoms with Crippen LogP contribution >= 0.6 is 0 Å². The zero-order valence-corrected chi connectivity index (χ0v) is 12.3. The van der Waals surface area contributed by atoms with E-state index in [-0.39, 0.29) is 0 Å². The molecule has 0 aliphatic rings. The van der Waals surface area contributed by atoms with Crippen LogP contribution in [-0.4, -0.2) is 22.1 Å². The van der Waals surface area contributed by atoms with Crippen molar-refractivity contribution in [3.63, 3.8) is 0 Å². The highest BCUT2D eigenvalue weighted by Gasteiger charge is 2.11. The second-order valence-corrected chi connectivity index (χ2v) is 4.74. The van der Waals surface area contributed by atoms with Gasteiger partial charge in [0.2, 0.25) is 0 Å². The summed E-state index contributed by atoms with van der Waals surface area (Å²) in [4.78, 5) is 0. The number of rotatable bonds is 3. The Morgan fingerprint density at radius 1 is 1.04 bits per heavy atom. The Morgan fingerprint density at radius 2 is 1.83 bits per heavy atom. The number of nitriles is 2. The van der Waals surface area contributed by atoms with Crippen molar-refractivity contribution in [3.8, 4) is 34.8 Å². The van der Waals surface area contributed by atoms with Crippen LogP contribution in [0, 0.1) is 22.7 Å². The molecule has 0 radical (unpaired) electrons. The number of benzene rings is 2. The average Bonchev–Trinajstić information content (AvgIpc) is 3.11. The smallest absolute Gasteiger partial charge is 0.129 e. The normalized spacial score (nSPS) is 9.87. The summed E-state index contributed by atoms with van der Waals surface area (Å²) in [6.07, 6.45) is 1.75. The minimum atomic E-state index is 0.514. The van der Waals surface area contributed by atoms with E-state index in [1.54, 1.807) is 54.4 Å². The minimum Gasteiger partial charge on any atom is -0.496 e. The molecule has 0 spiro atoms. The van der Waals surface area contributed by atoms with E-state index < -0.39 is 0 Å². The third kappa shape index (κ3) is 2.74. The van der Waals surface area contributed by atoms with E-state index in [1.807, 2.05) is 6.07 Å². The maximum atomic E-state index is 8.97. The molecule has 0 atom stereocenters. The van der Waals surface area contributed by atoms with Crippen LogP contribution in [0.15, 0.2) is 48.7 Å². The fraction of sp³-hybridized carbons (Fsp3) is 0.0588. The third-order valence-corrected chi connectivity index (χ3v) is 3.34. The molecule has 0 unspecified atom stereocenters. The molecular weight excluding hydrogens is 290 g/mol. The van der Waals surface area contributed by atoms with Crippen LogP contribution < -0.4 is 4.74 Å². The highest BCUT2D eigenvalue weighted by atomic mass is 16.5. The van der Waals surface area contributed by atoms with Gasteiger partial charge in [0.05, 0.1) is 42.3 Å². The summed E-state index contributed by atoms with van der Waals surface area (Å²) < 4.78 is 6.91. The molecule has 0 fully saturated rings. The van der Waals surface area contributed by atoms with Crippen LogP contribution in [0.4, 0.5) is 0 Å². The van der Waals surface area contributed by atoms with Crippen molar-refractivity contribution < 1.29 is 4.74 Å². The Hall–Kier alpha value is -3.64. The highest BCUT2D eigenvalue weighted by molar-refractivity contribution is 5.68. The summed E-state index contributed by atoms with van der Waals surface area (Å²) >= 11 is 0. The summed E-state index contributed by atoms with van der Waals surface area (Å²) in [7, 11) is 1.54. The number of hydrogen-bond acceptors (Lipinski definition) is 5. The van der Waals surface area contributed by atoms with Gasteiger partial charge in [0.1, 0.15) is 11.4 Å². The van der Waals surface area contributed by atoms with Crippen molar-refractivity contribution in [3.05, 3.63) is 59.8 Å². The fourth-order valence-corrected chi connectivity index (χ4v) is 2.20. The maximum Gasteiger partial charge on any atom is 0.129 e. The van der Waals surface area contributed by atoms with Crippen LogP contribution in [0.3, 0.4) is 0 Å². The van der Waals surface area contributed by atoms with E-state index in [9.17, 15) is 0 Å². The van der Waals surface area contributed by atoms with Gasteiger partial charge in [-0.2, -0.15) is 10.5 Å². The monoisotopic (exact) mass is 301 g/mol. The molecule has 0 saturated heterocycles. The van der Waals surface area contributed by atoms with Crippen LogP contribution in [0.2, 0.25) is 0 Å². The lowest BCUT2D eigenvalue weighted by Crippen LogP contribution is -1.94. The van der Waals surface area contributed by atoms with Gasteiger partial charge >= 0.3 is 0 Å². The predicted molar refractivity (Wildman–Crippen MR) is 82.8 cm³/mol. The van der Waals surface area contributed by atoms with Crippen LogP contribution in [0.1, 0.15) is 11.1 Å². The van der Waals surface area contributed by atoms with Crippen LogP contribution in [0.25, 0.3) is 16.9 Å². The average molecular weight is 301 g/mol. The Bertz CT molecular complexity index is 946. The number of ether oxygens (including phenoxy) is 1. The first-order valence-corrected chi connectivity index (χ1v) is 6.76. The molecule has 0 saturated carbocycles. The molecule has 110 valence electrons. The highest BCUT2D eigenvalue weighted by Crippen LogP contribution is 2.29. The third-order valence-electron chi connectivity index (χ3n) is 3.34. The van der Waals surface area contributed by atoms with E-state index in [0.29, 0.717) is 22.6 Å². The number of hydrogen-bond donors (Lipinski definition) is 0. The molecule has 6 nitrogen and oxygen atoms in total. The van der Waals surface area contributed by atoms with Gasteiger partial charge in [-0.05, 0) is 36.4 Å². The molecule has 3 aromatic rings. The summed E-state index contributed by atoms with van der Waals surface area (Å²) in [5, 5.41) is 26.2. The van der Waals surface area contributed by atoms with Crippen molar-refractivity contribution in [2.45, 2.75) is 0 Å². The molecule has 23 heavy (non-hydrogen) atoms. The van der Waals surface area contributed by atoms with Crippen LogP contribution in [-0.2, 0) is 0 Å². The van der Waals surface area contributed by atoms with Gasteiger partial charge in [0.25, 0.3) is 0 Å². The van der Waals surface area contributed by atoms with Gasteiger partial charge in [-0.1, -0.05) is 11.3 Å². The summed E-state index contributed by atoms with van der Waals surface area (Å²) in [6, 6.07) is 16.4. The second kappa shape index (κ2) is 6.00. The molecule has 2 aromatic carbocycles. The van der Waals surface area contributed by atoms with E-state index in [2.05, 4.69) is 22.5 Å². The molecule has 0 aliphatic carbocycles. The summed E-state index contributed by atoms with van der Waals surface area (Å²) in [6.45, 7) is 0. The molecule has 0 bridgehead atoms. The molecule has 1 aromatic heterocycles. The first-order chi connectivity index (χ1) is 11.2. The maximum absolute atomic E-state index is 8.97. The second-order valence-electron chi connectivity index (χ2n) is 4.74.